The SMILES string of the molecule is CC(C)(C)OC(=O)C1(NC(=O)[C@H]2CCCO2)CCCCC1. The molecule has 5 heteroatoms. The molecule has 0 spiro atoms. The van der Waals surface area contributed by atoms with E-state index in [-0.39, 0.29) is 11.9 Å². The molecule has 21 heavy (non-hydrogen) atoms. The molecule has 1 heterocycles. The summed E-state index contributed by atoms with van der Waals surface area (Å²) in [6.07, 6.45) is 5.50. The molecule has 2 fully saturated rings. The lowest BCUT2D eigenvalue weighted by Gasteiger charge is -2.38. The molecule has 0 unspecified atom stereocenters. The highest BCUT2D eigenvalue weighted by atomic mass is 16.6. The van der Waals surface area contributed by atoms with E-state index in [0.717, 1.165) is 32.1 Å². The summed E-state index contributed by atoms with van der Waals surface area (Å²) in [5, 5.41) is 2.96. The number of carbonyl (C=O) groups is 2. The fourth-order valence-electron chi connectivity index (χ4n) is 3.01. The summed E-state index contributed by atoms with van der Waals surface area (Å²) >= 11 is 0. The van der Waals surface area contributed by atoms with Crippen LogP contribution in [0.4, 0.5) is 0 Å². The molecular weight excluding hydrogens is 270 g/mol. The van der Waals surface area contributed by atoms with Gasteiger partial charge in [-0.15, -0.1) is 0 Å². The minimum Gasteiger partial charge on any atom is -0.458 e. The molecule has 120 valence electrons. The third-order valence-electron chi connectivity index (χ3n) is 4.08. The second-order valence-corrected chi connectivity index (χ2v) is 7.14. The van der Waals surface area contributed by atoms with Crippen LogP contribution in [0.3, 0.4) is 0 Å². The number of esters is 1. The summed E-state index contributed by atoms with van der Waals surface area (Å²) in [4.78, 5) is 25.0. The second kappa shape index (κ2) is 6.34. The minimum atomic E-state index is -0.867. The van der Waals surface area contributed by atoms with E-state index in [2.05, 4.69) is 5.32 Å². The van der Waals surface area contributed by atoms with E-state index in [1.165, 1.54) is 0 Å². The van der Waals surface area contributed by atoms with E-state index in [0.29, 0.717) is 19.4 Å². The lowest BCUT2D eigenvalue weighted by atomic mass is 9.81. The van der Waals surface area contributed by atoms with Crippen LogP contribution in [0.1, 0.15) is 65.7 Å². The van der Waals surface area contributed by atoms with Crippen LogP contribution in [0.15, 0.2) is 0 Å². The van der Waals surface area contributed by atoms with E-state index in [1.807, 2.05) is 20.8 Å². The van der Waals surface area contributed by atoms with E-state index < -0.39 is 17.2 Å². The van der Waals surface area contributed by atoms with Crippen molar-refractivity contribution in [1.29, 1.82) is 0 Å². The predicted molar refractivity (Wildman–Crippen MR) is 78.8 cm³/mol. The number of amides is 1. The molecule has 1 saturated heterocycles. The zero-order valence-electron chi connectivity index (χ0n) is 13.4. The van der Waals surface area contributed by atoms with E-state index in [1.54, 1.807) is 0 Å². The van der Waals surface area contributed by atoms with Gasteiger partial charge in [-0.1, -0.05) is 19.3 Å². The molecule has 2 aliphatic rings. The summed E-state index contributed by atoms with van der Waals surface area (Å²) in [6, 6.07) is 0. The van der Waals surface area contributed by atoms with Crippen LogP contribution in [-0.4, -0.2) is 35.7 Å². The third-order valence-corrected chi connectivity index (χ3v) is 4.08. The van der Waals surface area contributed by atoms with Crippen molar-refractivity contribution in [3.8, 4) is 0 Å². The molecule has 0 aromatic carbocycles. The number of hydrogen-bond acceptors (Lipinski definition) is 4. The lowest BCUT2D eigenvalue weighted by molar-refractivity contribution is -0.167. The normalized spacial score (nSPS) is 25.4. The first kappa shape index (κ1) is 16.3. The average Bonchev–Trinajstić information content (AvgIpc) is 2.91. The molecule has 1 N–H and O–H groups in total. The van der Waals surface area contributed by atoms with Crippen molar-refractivity contribution < 1.29 is 19.1 Å². The van der Waals surface area contributed by atoms with Gasteiger partial charge in [0, 0.05) is 6.61 Å². The lowest BCUT2D eigenvalue weighted by Crippen LogP contribution is -2.59. The Labute approximate surface area is 126 Å². The maximum absolute atomic E-state index is 12.6. The molecule has 1 amide bonds. The second-order valence-electron chi connectivity index (χ2n) is 7.14. The number of nitrogens with one attached hydrogen (secondary N) is 1. The maximum atomic E-state index is 12.6. The van der Waals surface area contributed by atoms with Gasteiger partial charge in [0.15, 0.2) is 0 Å². The van der Waals surface area contributed by atoms with Gasteiger partial charge in [-0.3, -0.25) is 4.79 Å². The first-order chi connectivity index (χ1) is 9.82. The highest BCUT2D eigenvalue weighted by molar-refractivity contribution is 5.90. The van der Waals surface area contributed by atoms with Gasteiger partial charge in [0.25, 0.3) is 0 Å². The van der Waals surface area contributed by atoms with E-state index in [9.17, 15) is 9.59 Å². The zero-order valence-corrected chi connectivity index (χ0v) is 13.4. The van der Waals surface area contributed by atoms with Gasteiger partial charge in [-0.25, -0.2) is 4.79 Å². The van der Waals surface area contributed by atoms with Crippen molar-refractivity contribution >= 4 is 11.9 Å². The molecule has 1 atom stereocenters. The Hall–Kier alpha value is -1.10. The molecule has 1 saturated carbocycles. The fourth-order valence-corrected chi connectivity index (χ4v) is 3.01. The first-order valence-electron chi connectivity index (χ1n) is 7.99. The van der Waals surface area contributed by atoms with Crippen LogP contribution in [0.2, 0.25) is 0 Å². The van der Waals surface area contributed by atoms with Crippen LogP contribution in [-0.2, 0) is 19.1 Å². The summed E-state index contributed by atoms with van der Waals surface area (Å²) < 4.78 is 11.0. The Morgan fingerprint density at radius 2 is 1.81 bits per heavy atom. The van der Waals surface area contributed by atoms with Crippen molar-refractivity contribution in [3.63, 3.8) is 0 Å². The Balaban J connectivity index is 2.08. The summed E-state index contributed by atoms with van der Waals surface area (Å²) in [7, 11) is 0. The van der Waals surface area contributed by atoms with Gasteiger partial charge in [0.1, 0.15) is 17.2 Å². The van der Waals surface area contributed by atoms with Crippen LogP contribution < -0.4 is 5.32 Å². The molecule has 1 aliphatic heterocycles. The quantitative estimate of drug-likeness (QED) is 0.812. The van der Waals surface area contributed by atoms with Crippen molar-refractivity contribution in [2.45, 2.75) is 83.0 Å². The van der Waals surface area contributed by atoms with Crippen LogP contribution in [0.5, 0.6) is 0 Å². The number of ether oxygens (including phenoxy) is 2. The summed E-state index contributed by atoms with van der Waals surface area (Å²) in [5.74, 6) is -0.471. The van der Waals surface area contributed by atoms with Gasteiger partial charge < -0.3 is 14.8 Å². The van der Waals surface area contributed by atoms with Crippen molar-refractivity contribution in [2.75, 3.05) is 6.61 Å². The van der Waals surface area contributed by atoms with Crippen molar-refractivity contribution in [3.05, 3.63) is 0 Å². The number of carbonyl (C=O) groups excluding carboxylic acids is 2. The molecule has 0 aromatic rings. The van der Waals surface area contributed by atoms with Crippen LogP contribution in [0, 0.1) is 0 Å². The fraction of sp³-hybridized carbons (Fsp3) is 0.875. The van der Waals surface area contributed by atoms with Crippen LogP contribution >= 0.6 is 0 Å². The molecule has 5 nitrogen and oxygen atoms in total. The zero-order chi connectivity index (χ0) is 15.5. The summed E-state index contributed by atoms with van der Waals surface area (Å²) in [5.41, 5.74) is -1.41. The Kier molecular flexibility index (Phi) is 4.91. The van der Waals surface area contributed by atoms with Gasteiger partial charge in [-0.05, 0) is 46.5 Å². The predicted octanol–water partition coefficient (Wildman–Crippen LogP) is 2.33. The van der Waals surface area contributed by atoms with E-state index in [4.69, 9.17) is 9.47 Å². The molecule has 2 rings (SSSR count). The molecule has 0 radical (unpaired) electrons. The molecular formula is C16H27NO4. The van der Waals surface area contributed by atoms with Crippen molar-refractivity contribution in [2.24, 2.45) is 0 Å². The Morgan fingerprint density at radius 1 is 1.14 bits per heavy atom. The monoisotopic (exact) mass is 297 g/mol. The third kappa shape index (κ3) is 4.19. The van der Waals surface area contributed by atoms with Crippen molar-refractivity contribution in [1.82, 2.24) is 5.32 Å². The maximum Gasteiger partial charge on any atom is 0.332 e. The smallest absolute Gasteiger partial charge is 0.332 e. The summed E-state index contributed by atoms with van der Waals surface area (Å²) in [6.45, 7) is 6.17. The van der Waals surface area contributed by atoms with Gasteiger partial charge in [0.05, 0.1) is 0 Å². The Morgan fingerprint density at radius 3 is 2.33 bits per heavy atom. The molecule has 0 bridgehead atoms. The molecule has 1 aliphatic carbocycles. The first-order valence-corrected chi connectivity index (χ1v) is 7.99. The minimum absolute atomic E-state index is 0.166. The number of rotatable bonds is 3. The van der Waals surface area contributed by atoms with Gasteiger partial charge >= 0.3 is 5.97 Å². The molecule has 0 aromatic heterocycles. The van der Waals surface area contributed by atoms with Gasteiger partial charge in [-0.2, -0.15) is 0 Å². The topological polar surface area (TPSA) is 64.6 Å². The van der Waals surface area contributed by atoms with E-state index >= 15 is 0 Å². The van der Waals surface area contributed by atoms with Gasteiger partial charge in [0.2, 0.25) is 5.91 Å². The highest BCUT2D eigenvalue weighted by Gasteiger charge is 2.45. The largest absolute Gasteiger partial charge is 0.458 e. The standard InChI is InChI=1S/C16H27NO4/c1-15(2,3)21-14(19)16(9-5-4-6-10-16)17-13(18)12-8-7-11-20-12/h12H,4-11H2,1-3H3,(H,17,18)/t12-/m1/s1. The Bertz CT molecular complexity index is 388. The highest BCUT2D eigenvalue weighted by Crippen LogP contribution is 2.31. The number of hydrogen-bond donors (Lipinski definition) is 1. The average molecular weight is 297 g/mol. The van der Waals surface area contributed by atoms with Crippen LogP contribution in [0.25, 0.3) is 0 Å².